The molecule has 12 heavy (non-hydrogen) atoms. The fourth-order valence-electron chi connectivity index (χ4n) is 1.11. The molecule has 0 radical (unpaired) electrons. The van der Waals surface area contributed by atoms with E-state index < -0.39 is 0 Å². The van der Waals surface area contributed by atoms with Gasteiger partial charge in [0, 0.05) is 10.6 Å². The Hall–Kier alpha value is 0.0500. The number of rotatable bonds is 4. The predicted molar refractivity (Wildman–Crippen MR) is 61.2 cm³/mol. The van der Waals surface area contributed by atoms with Crippen LogP contribution < -0.4 is 0 Å². The first-order valence-corrected chi connectivity index (χ1v) is 5.77. The number of alkyl halides is 1. The van der Waals surface area contributed by atoms with Gasteiger partial charge in [0.05, 0.1) is 0 Å². The highest BCUT2D eigenvalue weighted by atomic mass is 79.9. The number of halogens is 1. The molecular formula is C10H13BrS. The lowest BCUT2D eigenvalue weighted by Crippen LogP contribution is -1.90. The molecule has 0 aliphatic carbocycles. The Bertz CT molecular complexity index is 210. The minimum atomic E-state index is 0.392. The van der Waals surface area contributed by atoms with Crippen molar-refractivity contribution in [3.8, 4) is 0 Å². The van der Waals surface area contributed by atoms with Gasteiger partial charge in [-0.1, -0.05) is 46.3 Å². The van der Waals surface area contributed by atoms with Gasteiger partial charge >= 0.3 is 0 Å². The van der Waals surface area contributed by atoms with Crippen molar-refractivity contribution in [2.75, 3.05) is 5.33 Å². The van der Waals surface area contributed by atoms with Crippen LogP contribution in [0, 0.1) is 0 Å². The summed E-state index contributed by atoms with van der Waals surface area (Å²) < 4.78 is 0. The summed E-state index contributed by atoms with van der Waals surface area (Å²) in [5, 5.41) is 1.46. The highest BCUT2D eigenvalue weighted by Crippen LogP contribution is 2.24. The molecule has 66 valence electrons. The first-order valence-electron chi connectivity index (χ1n) is 4.13. The Labute approximate surface area is 87.9 Å². The van der Waals surface area contributed by atoms with Gasteiger partial charge in [-0.15, -0.1) is 0 Å². The maximum atomic E-state index is 4.53. The van der Waals surface area contributed by atoms with Gasteiger partial charge in [-0.2, -0.15) is 12.6 Å². The van der Waals surface area contributed by atoms with Crippen molar-refractivity contribution in [3.05, 3.63) is 35.9 Å². The van der Waals surface area contributed by atoms with Crippen LogP contribution in [0.3, 0.4) is 0 Å². The van der Waals surface area contributed by atoms with Crippen molar-refractivity contribution in [1.82, 2.24) is 0 Å². The van der Waals surface area contributed by atoms with E-state index in [0.717, 1.165) is 11.8 Å². The maximum Gasteiger partial charge on any atom is 0.0267 e. The van der Waals surface area contributed by atoms with Crippen molar-refractivity contribution >= 4 is 28.6 Å². The van der Waals surface area contributed by atoms with Gasteiger partial charge in [0.15, 0.2) is 0 Å². The van der Waals surface area contributed by atoms with E-state index in [-0.39, 0.29) is 0 Å². The normalized spacial score (nSPS) is 12.8. The van der Waals surface area contributed by atoms with Crippen molar-refractivity contribution in [2.45, 2.75) is 18.1 Å². The average Bonchev–Trinajstić information content (AvgIpc) is 2.15. The molecule has 1 aromatic carbocycles. The third kappa shape index (κ3) is 3.20. The Morgan fingerprint density at radius 2 is 1.92 bits per heavy atom. The van der Waals surface area contributed by atoms with E-state index in [1.165, 1.54) is 12.0 Å². The van der Waals surface area contributed by atoms with E-state index in [9.17, 15) is 0 Å². The zero-order valence-electron chi connectivity index (χ0n) is 6.91. The Balaban J connectivity index is 2.48. The van der Waals surface area contributed by atoms with Gasteiger partial charge in [0.25, 0.3) is 0 Å². The molecule has 0 fully saturated rings. The second-order valence-electron chi connectivity index (χ2n) is 2.76. The number of benzene rings is 1. The first kappa shape index (κ1) is 10.1. The monoisotopic (exact) mass is 244 g/mol. The fourth-order valence-corrected chi connectivity index (χ4v) is 1.79. The van der Waals surface area contributed by atoms with Gasteiger partial charge < -0.3 is 0 Å². The summed E-state index contributed by atoms with van der Waals surface area (Å²) in [7, 11) is 0. The lowest BCUT2D eigenvalue weighted by atomic mass is 10.1. The summed E-state index contributed by atoms with van der Waals surface area (Å²) in [6.45, 7) is 0. The molecule has 0 saturated heterocycles. The zero-order valence-corrected chi connectivity index (χ0v) is 9.39. The quantitative estimate of drug-likeness (QED) is 0.604. The van der Waals surface area contributed by atoms with Gasteiger partial charge in [-0.05, 0) is 18.4 Å². The topological polar surface area (TPSA) is 0 Å². The molecule has 0 saturated carbocycles. The van der Waals surface area contributed by atoms with Gasteiger partial charge in [0.1, 0.15) is 0 Å². The highest BCUT2D eigenvalue weighted by Gasteiger charge is 2.03. The second kappa shape index (κ2) is 5.65. The zero-order chi connectivity index (χ0) is 8.81. The molecule has 0 spiro atoms. The fraction of sp³-hybridized carbons (Fsp3) is 0.400. The van der Waals surface area contributed by atoms with Crippen LogP contribution in [0.25, 0.3) is 0 Å². The largest absolute Gasteiger partial charge is 0.171 e. The molecule has 0 heterocycles. The Morgan fingerprint density at radius 1 is 1.25 bits per heavy atom. The van der Waals surface area contributed by atoms with Crippen molar-refractivity contribution in [1.29, 1.82) is 0 Å². The highest BCUT2D eigenvalue weighted by molar-refractivity contribution is 9.09. The molecular weight excluding hydrogens is 232 g/mol. The molecule has 0 nitrogen and oxygen atoms in total. The van der Waals surface area contributed by atoms with Crippen LogP contribution in [-0.2, 0) is 0 Å². The standard InChI is InChI=1S/C10H13BrS/c11-8-4-7-10(12)9-5-2-1-3-6-9/h1-3,5-6,10,12H,4,7-8H2. The van der Waals surface area contributed by atoms with E-state index in [1.54, 1.807) is 0 Å². The molecule has 0 aliphatic rings. The van der Waals surface area contributed by atoms with E-state index in [1.807, 2.05) is 6.07 Å². The molecule has 1 unspecified atom stereocenters. The van der Waals surface area contributed by atoms with Crippen LogP contribution in [0.5, 0.6) is 0 Å². The number of hydrogen-bond donors (Lipinski definition) is 1. The lowest BCUT2D eigenvalue weighted by Gasteiger charge is -2.08. The minimum absolute atomic E-state index is 0.392. The van der Waals surface area contributed by atoms with Gasteiger partial charge in [-0.25, -0.2) is 0 Å². The van der Waals surface area contributed by atoms with Crippen molar-refractivity contribution < 1.29 is 0 Å². The molecule has 0 N–H and O–H groups in total. The Morgan fingerprint density at radius 3 is 2.50 bits per heavy atom. The third-order valence-electron chi connectivity index (χ3n) is 1.80. The van der Waals surface area contributed by atoms with Gasteiger partial charge in [-0.3, -0.25) is 0 Å². The molecule has 2 heteroatoms. The average molecular weight is 245 g/mol. The van der Waals surface area contributed by atoms with E-state index >= 15 is 0 Å². The molecule has 0 amide bonds. The molecule has 0 bridgehead atoms. The summed E-state index contributed by atoms with van der Waals surface area (Å²) in [5.74, 6) is 0. The third-order valence-corrected chi connectivity index (χ3v) is 2.91. The number of hydrogen-bond acceptors (Lipinski definition) is 1. The number of thiol groups is 1. The summed E-state index contributed by atoms with van der Waals surface area (Å²) in [6.07, 6.45) is 2.32. The maximum absolute atomic E-state index is 4.53. The minimum Gasteiger partial charge on any atom is -0.171 e. The van der Waals surface area contributed by atoms with Crippen molar-refractivity contribution in [3.63, 3.8) is 0 Å². The molecule has 1 atom stereocenters. The van der Waals surface area contributed by atoms with E-state index in [4.69, 9.17) is 0 Å². The second-order valence-corrected chi connectivity index (χ2v) is 4.17. The van der Waals surface area contributed by atoms with Crippen molar-refractivity contribution in [2.24, 2.45) is 0 Å². The van der Waals surface area contributed by atoms with E-state index in [2.05, 4.69) is 52.8 Å². The molecule has 0 aliphatic heterocycles. The Kier molecular flexibility index (Phi) is 4.77. The van der Waals surface area contributed by atoms with E-state index in [0.29, 0.717) is 5.25 Å². The van der Waals surface area contributed by atoms with Crippen LogP contribution in [-0.4, -0.2) is 5.33 Å². The lowest BCUT2D eigenvalue weighted by molar-refractivity contribution is 0.793. The summed E-state index contributed by atoms with van der Waals surface area (Å²) in [6, 6.07) is 10.4. The van der Waals surface area contributed by atoms with Crippen LogP contribution in [0.2, 0.25) is 0 Å². The summed E-state index contributed by atoms with van der Waals surface area (Å²) in [4.78, 5) is 0. The SMILES string of the molecule is SC(CCCBr)c1ccccc1. The van der Waals surface area contributed by atoms with Crippen LogP contribution in [0.15, 0.2) is 30.3 Å². The van der Waals surface area contributed by atoms with Crippen LogP contribution >= 0.6 is 28.6 Å². The van der Waals surface area contributed by atoms with Crippen LogP contribution in [0.4, 0.5) is 0 Å². The van der Waals surface area contributed by atoms with Gasteiger partial charge in [0.2, 0.25) is 0 Å². The molecule has 0 aromatic heterocycles. The first-order chi connectivity index (χ1) is 5.84. The smallest absolute Gasteiger partial charge is 0.0267 e. The summed E-state index contributed by atoms with van der Waals surface area (Å²) in [5.41, 5.74) is 1.32. The van der Waals surface area contributed by atoms with Crippen LogP contribution in [0.1, 0.15) is 23.7 Å². The summed E-state index contributed by atoms with van der Waals surface area (Å²) >= 11 is 7.95. The molecule has 1 rings (SSSR count). The predicted octanol–water partition coefficient (Wildman–Crippen LogP) is 3.83. The molecule has 1 aromatic rings.